The smallest absolute Gasteiger partial charge is 0.239 e. The minimum atomic E-state index is 0.00623. The molecule has 18 heavy (non-hydrogen) atoms. The van der Waals surface area contributed by atoms with E-state index in [0.717, 1.165) is 31.7 Å². The first kappa shape index (κ1) is 12.9. The summed E-state index contributed by atoms with van der Waals surface area (Å²) in [6, 6.07) is 9.79. The highest BCUT2D eigenvalue weighted by Crippen LogP contribution is 2.09. The highest BCUT2D eigenvalue weighted by Gasteiger charge is 2.27. The lowest BCUT2D eigenvalue weighted by Crippen LogP contribution is -2.37. The largest absolute Gasteiger partial charge is 0.494 e. The Morgan fingerprint density at radius 2 is 2.17 bits per heavy atom. The van der Waals surface area contributed by atoms with Gasteiger partial charge >= 0.3 is 0 Å². The monoisotopic (exact) mass is 248 g/mol. The molecule has 1 aliphatic rings. The van der Waals surface area contributed by atoms with Gasteiger partial charge in [0.2, 0.25) is 5.91 Å². The fraction of sp³-hybridized carbons (Fsp3) is 0.500. The quantitative estimate of drug-likeness (QED) is 0.771. The van der Waals surface area contributed by atoms with Crippen molar-refractivity contribution < 1.29 is 9.53 Å². The van der Waals surface area contributed by atoms with Crippen LogP contribution in [0.1, 0.15) is 12.8 Å². The van der Waals surface area contributed by atoms with Crippen LogP contribution in [0.5, 0.6) is 5.75 Å². The van der Waals surface area contributed by atoms with Crippen molar-refractivity contribution >= 4 is 5.91 Å². The molecule has 1 N–H and O–H groups in total. The minimum Gasteiger partial charge on any atom is -0.494 e. The number of carbonyl (C=O) groups excluding carboxylic acids is 1. The summed E-state index contributed by atoms with van der Waals surface area (Å²) < 4.78 is 5.58. The SMILES string of the molecule is CN1CCC(NCCCOc2ccccc2)C1=O. The molecule has 0 aliphatic carbocycles. The molecule has 0 saturated carbocycles. The van der Waals surface area contributed by atoms with Crippen molar-refractivity contribution in [1.82, 2.24) is 10.2 Å². The van der Waals surface area contributed by atoms with Crippen LogP contribution in [0.4, 0.5) is 0 Å². The number of para-hydroxylation sites is 1. The van der Waals surface area contributed by atoms with Crippen molar-refractivity contribution in [3.8, 4) is 5.75 Å². The van der Waals surface area contributed by atoms with E-state index in [2.05, 4.69) is 5.32 Å². The van der Waals surface area contributed by atoms with Gasteiger partial charge in [0.05, 0.1) is 12.6 Å². The van der Waals surface area contributed by atoms with Crippen molar-refractivity contribution in [3.05, 3.63) is 30.3 Å². The van der Waals surface area contributed by atoms with Gasteiger partial charge in [-0.1, -0.05) is 18.2 Å². The lowest BCUT2D eigenvalue weighted by molar-refractivity contribution is -0.128. The summed E-state index contributed by atoms with van der Waals surface area (Å²) in [4.78, 5) is 13.4. The molecule has 1 amide bonds. The topological polar surface area (TPSA) is 41.6 Å². The van der Waals surface area contributed by atoms with E-state index in [1.165, 1.54) is 0 Å². The summed E-state index contributed by atoms with van der Waals surface area (Å²) in [5.41, 5.74) is 0. The van der Waals surface area contributed by atoms with Gasteiger partial charge in [0, 0.05) is 13.6 Å². The third-order valence-corrected chi connectivity index (χ3v) is 3.15. The maximum absolute atomic E-state index is 11.6. The zero-order chi connectivity index (χ0) is 12.8. The van der Waals surface area contributed by atoms with Gasteiger partial charge in [-0.15, -0.1) is 0 Å². The molecule has 1 aromatic carbocycles. The summed E-state index contributed by atoms with van der Waals surface area (Å²) in [6.45, 7) is 2.35. The molecule has 1 unspecified atom stereocenters. The Bertz CT molecular complexity index is 381. The van der Waals surface area contributed by atoms with E-state index in [9.17, 15) is 4.79 Å². The van der Waals surface area contributed by atoms with Crippen LogP contribution in [-0.4, -0.2) is 43.6 Å². The van der Waals surface area contributed by atoms with Gasteiger partial charge in [-0.3, -0.25) is 4.79 Å². The summed E-state index contributed by atoms with van der Waals surface area (Å²) in [5.74, 6) is 1.10. The normalized spacial score (nSPS) is 19.3. The molecule has 1 aliphatic heterocycles. The number of hydrogen-bond donors (Lipinski definition) is 1. The first-order valence-electron chi connectivity index (χ1n) is 6.43. The van der Waals surface area contributed by atoms with Crippen LogP contribution in [-0.2, 0) is 4.79 Å². The molecule has 4 heteroatoms. The third kappa shape index (κ3) is 3.47. The summed E-state index contributed by atoms with van der Waals surface area (Å²) in [5, 5.41) is 3.28. The van der Waals surface area contributed by atoms with E-state index >= 15 is 0 Å². The van der Waals surface area contributed by atoms with Crippen LogP contribution in [0.15, 0.2) is 30.3 Å². The molecular weight excluding hydrogens is 228 g/mol. The molecule has 2 rings (SSSR count). The molecule has 1 atom stereocenters. The van der Waals surface area contributed by atoms with E-state index in [4.69, 9.17) is 4.74 Å². The van der Waals surface area contributed by atoms with Crippen LogP contribution in [0.3, 0.4) is 0 Å². The molecule has 0 bridgehead atoms. The number of likely N-dealkylation sites (N-methyl/N-ethyl adjacent to an activating group) is 1. The molecular formula is C14H20N2O2. The lowest BCUT2D eigenvalue weighted by atomic mass is 10.2. The molecule has 1 saturated heterocycles. The highest BCUT2D eigenvalue weighted by atomic mass is 16.5. The van der Waals surface area contributed by atoms with Gasteiger partial charge in [-0.05, 0) is 31.5 Å². The van der Waals surface area contributed by atoms with Gasteiger partial charge < -0.3 is 15.0 Å². The van der Waals surface area contributed by atoms with Crippen molar-refractivity contribution in [3.63, 3.8) is 0 Å². The molecule has 1 aromatic rings. The summed E-state index contributed by atoms with van der Waals surface area (Å²) in [7, 11) is 1.85. The van der Waals surface area contributed by atoms with Gasteiger partial charge in [-0.25, -0.2) is 0 Å². The van der Waals surface area contributed by atoms with Crippen LogP contribution in [0, 0.1) is 0 Å². The minimum absolute atomic E-state index is 0.00623. The van der Waals surface area contributed by atoms with Gasteiger partial charge in [0.1, 0.15) is 5.75 Å². The van der Waals surface area contributed by atoms with Gasteiger partial charge in [-0.2, -0.15) is 0 Å². The van der Waals surface area contributed by atoms with E-state index in [1.54, 1.807) is 4.90 Å². The number of hydrogen-bond acceptors (Lipinski definition) is 3. The third-order valence-electron chi connectivity index (χ3n) is 3.15. The first-order valence-corrected chi connectivity index (χ1v) is 6.43. The second kappa shape index (κ2) is 6.40. The summed E-state index contributed by atoms with van der Waals surface area (Å²) in [6.07, 6.45) is 1.82. The van der Waals surface area contributed by atoms with E-state index < -0.39 is 0 Å². The Labute approximate surface area is 108 Å². The fourth-order valence-corrected chi connectivity index (χ4v) is 2.07. The van der Waals surface area contributed by atoms with E-state index in [1.807, 2.05) is 37.4 Å². The number of amides is 1. The number of rotatable bonds is 6. The lowest BCUT2D eigenvalue weighted by Gasteiger charge is -2.12. The van der Waals surface area contributed by atoms with Gasteiger partial charge in [0.25, 0.3) is 0 Å². The maximum Gasteiger partial charge on any atom is 0.239 e. The molecule has 4 nitrogen and oxygen atoms in total. The second-order valence-electron chi connectivity index (χ2n) is 4.57. The average molecular weight is 248 g/mol. The molecule has 1 heterocycles. The number of nitrogens with one attached hydrogen (secondary N) is 1. The van der Waals surface area contributed by atoms with E-state index in [-0.39, 0.29) is 11.9 Å². The average Bonchev–Trinajstić information content (AvgIpc) is 2.71. The van der Waals surface area contributed by atoms with Crippen molar-refractivity contribution in [2.75, 3.05) is 26.7 Å². The van der Waals surface area contributed by atoms with Crippen LogP contribution in [0.25, 0.3) is 0 Å². The number of ether oxygens (including phenoxy) is 1. The van der Waals surface area contributed by atoms with Crippen LogP contribution >= 0.6 is 0 Å². The molecule has 0 radical (unpaired) electrons. The Morgan fingerprint density at radius 3 is 2.83 bits per heavy atom. The van der Waals surface area contributed by atoms with Crippen LogP contribution in [0.2, 0.25) is 0 Å². The molecule has 0 spiro atoms. The highest BCUT2D eigenvalue weighted by molar-refractivity contribution is 5.83. The predicted molar refractivity (Wildman–Crippen MR) is 70.6 cm³/mol. The zero-order valence-electron chi connectivity index (χ0n) is 10.8. The Hall–Kier alpha value is -1.55. The number of carbonyl (C=O) groups is 1. The maximum atomic E-state index is 11.6. The van der Waals surface area contributed by atoms with Crippen LogP contribution < -0.4 is 10.1 Å². The molecule has 0 aromatic heterocycles. The predicted octanol–water partition coefficient (Wildman–Crippen LogP) is 1.28. The van der Waals surface area contributed by atoms with Crippen molar-refractivity contribution in [2.24, 2.45) is 0 Å². The zero-order valence-corrected chi connectivity index (χ0v) is 10.8. The van der Waals surface area contributed by atoms with Gasteiger partial charge in [0.15, 0.2) is 0 Å². The fourth-order valence-electron chi connectivity index (χ4n) is 2.07. The molecule has 1 fully saturated rings. The Morgan fingerprint density at radius 1 is 1.39 bits per heavy atom. The second-order valence-corrected chi connectivity index (χ2v) is 4.57. The number of nitrogens with zero attached hydrogens (tertiary/aromatic N) is 1. The first-order chi connectivity index (χ1) is 8.77. The molecule has 98 valence electrons. The number of likely N-dealkylation sites (tertiary alicyclic amines) is 1. The van der Waals surface area contributed by atoms with Crippen molar-refractivity contribution in [1.29, 1.82) is 0 Å². The number of benzene rings is 1. The van der Waals surface area contributed by atoms with Crippen molar-refractivity contribution in [2.45, 2.75) is 18.9 Å². The van der Waals surface area contributed by atoms with E-state index in [0.29, 0.717) is 6.61 Å². The standard InChI is InChI=1S/C14H20N2O2/c1-16-10-8-13(14(16)17)15-9-5-11-18-12-6-3-2-4-7-12/h2-4,6-7,13,15H,5,8-11H2,1H3. The Balaban J connectivity index is 1.58. The Kier molecular flexibility index (Phi) is 4.59. The summed E-state index contributed by atoms with van der Waals surface area (Å²) >= 11 is 0.